The van der Waals surface area contributed by atoms with E-state index in [1.54, 1.807) is 0 Å². The average Bonchev–Trinajstić information content (AvgIpc) is 2.10. The number of oxime groups is 1. The Kier molecular flexibility index (Phi) is 4.16. The number of aliphatic hydroxyl groups is 1. The first-order valence-corrected chi connectivity index (χ1v) is 4.85. The minimum Gasteiger partial charge on any atom is -0.395 e. The number of ether oxygens (including phenoxy) is 1. The van der Waals surface area contributed by atoms with E-state index in [1.165, 1.54) is 0 Å². The highest BCUT2D eigenvalue weighted by molar-refractivity contribution is 5.79. The molecule has 0 amide bonds. The molecule has 0 aliphatic carbocycles. The minimum absolute atomic E-state index is 0.0657. The second kappa shape index (κ2) is 5.17. The SMILES string of the molecule is CCCC(N)=NOCC1(CO)COC1. The molecule has 0 unspecified atom stereocenters. The van der Waals surface area contributed by atoms with Gasteiger partial charge >= 0.3 is 0 Å². The zero-order valence-electron chi connectivity index (χ0n) is 8.53. The zero-order chi connectivity index (χ0) is 10.4. The smallest absolute Gasteiger partial charge is 0.139 e. The van der Waals surface area contributed by atoms with E-state index < -0.39 is 0 Å². The van der Waals surface area contributed by atoms with Crippen LogP contribution in [-0.2, 0) is 9.57 Å². The number of hydrogen-bond donors (Lipinski definition) is 2. The Labute approximate surface area is 83.9 Å². The second-order valence-corrected chi connectivity index (χ2v) is 3.76. The van der Waals surface area contributed by atoms with Crippen molar-refractivity contribution in [2.45, 2.75) is 19.8 Å². The van der Waals surface area contributed by atoms with Gasteiger partial charge in [0.1, 0.15) is 12.4 Å². The summed E-state index contributed by atoms with van der Waals surface area (Å²) in [7, 11) is 0. The lowest BCUT2D eigenvalue weighted by molar-refractivity contribution is -0.168. The van der Waals surface area contributed by atoms with Gasteiger partial charge in [0.15, 0.2) is 0 Å². The molecular formula is C9H18N2O3. The van der Waals surface area contributed by atoms with Gasteiger partial charge in [-0.25, -0.2) is 0 Å². The maximum absolute atomic E-state index is 9.07. The molecular weight excluding hydrogens is 184 g/mol. The van der Waals surface area contributed by atoms with Crippen LogP contribution in [0.5, 0.6) is 0 Å². The molecule has 82 valence electrons. The van der Waals surface area contributed by atoms with E-state index in [1.807, 2.05) is 6.92 Å². The van der Waals surface area contributed by atoms with Gasteiger partial charge in [0, 0.05) is 6.42 Å². The van der Waals surface area contributed by atoms with Crippen LogP contribution in [0, 0.1) is 5.41 Å². The molecule has 3 N–H and O–H groups in total. The van der Waals surface area contributed by atoms with Crippen LogP contribution in [0.4, 0.5) is 0 Å². The third-order valence-electron chi connectivity index (χ3n) is 2.21. The van der Waals surface area contributed by atoms with Crippen LogP contribution in [-0.4, -0.2) is 37.4 Å². The lowest BCUT2D eigenvalue weighted by Gasteiger charge is -2.38. The quantitative estimate of drug-likeness (QED) is 0.363. The van der Waals surface area contributed by atoms with Crippen LogP contribution >= 0.6 is 0 Å². The van der Waals surface area contributed by atoms with E-state index in [-0.39, 0.29) is 12.0 Å². The highest BCUT2D eigenvalue weighted by Gasteiger charge is 2.39. The normalized spacial score (nSPS) is 20.3. The summed E-state index contributed by atoms with van der Waals surface area (Å²) in [5.41, 5.74) is 5.29. The standard InChI is InChI=1S/C9H18N2O3/c1-2-3-8(10)11-14-7-9(4-12)5-13-6-9/h12H,2-7H2,1H3,(H2,10,11). The first kappa shape index (κ1) is 11.3. The third kappa shape index (κ3) is 2.85. The van der Waals surface area contributed by atoms with Gasteiger partial charge in [-0.2, -0.15) is 0 Å². The molecule has 0 aromatic heterocycles. The van der Waals surface area contributed by atoms with Crippen molar-refractivity contribution < 1.29 is 14.7 Å². The monoisotopic (exact) mass is 202 g/mol. The van der Waals surface area contributed by atoms with Crippen molar-refractivity contribution in [3.8, 4) is 0 Å². The molecule has 0 bridgehead atoms. The second-order valence-electron chi connectivity index (χ2n) is 3.76. The van der Waals surface area contributed by atoms with Gasteiger partial charge in [-0.3, -0.25) is 0 Å². The molecule has 5 nitrogen and oxygen atoms in total. The van der Waals surface area contributed by atoms with Crippen molar-refractivity contribution in [1.29, 1.82) is 0 Å². The van der Waals surface area contributed by atoms with Crippen molar-refractivity contribution in [1.82, 2.24) is 0 Å². The Morgan fingerprint density at radius 1 is 1.64 bits per heavy atom. The van der Waals surface area contributed by atoms with E-state index in [2.05, 4.69) is 5.16 Å². The van der Waals surface area contributed by atoms with E-state index in [4.69, 9.17) is 20.4 Å². The van der Waals surface area contributed by atoms with Crippen LogP contribution < -0.4 is 5.73 Å². The van der Waals surface area contributed by atoms with E-state index in [0.717, 1.165) is 12.8 Å². The van der Waals surface area contributed by atoms with Gasteiger partial charge in [0.25, 0.3) is 0 Å². The maximum atomic E-state index is 9.07. The first-order chi connectivity index (χ1) is 6.72. The maximum Gasteiger partial charge on any atom is 0.139 e. The number of hydrogen-bond acceptors (Lipinski definition) is 4. The van der Waals surface area contributed by atoms with E-state index in [0.29, 0.717) is 25.7 Å². The summed E-state index contributed by atoms with van der Waals surface area (Å²) in [6.45, 7) is 3.53. The predicted molar refractivity (Wildman–Crippen MR) is 52.8 cm³/mol. The van der Waals surface area contributed by atoms with Crippen LogP contribution in [0.1, 0.15) is 19.8 Å². The molecule has 0 saturated carbocycles. The summed E-state index contributed by atoms with van der Waals surface area (Å²) in [4.78, 5) is 5.07. The van der Waals surface area contributed by atoms with Crippen LogP contribution in [0.15, 0.2) is 5.16 Å². The van der Waals surface area contributed by atoms with Gasteiger partial charge in [0.05, 0.1) is 25.2 Å². The van der Waals surface area contributed by atoms with Crippen molar-refractivity contribution in [2.24, 2.45) is 16.3 Å². The first-order valence-electron chi connectivity index (χ1n) is 4.85. The Bertz CT molecular complexity index is 197. The largest absolute Gasteiger partial charge is 0.395 e. The Morgan fingerprint density at radius 3 is 2.79 bits per heavy atom. The molecule has 0 aromatic rings. The number of nitrogens with two attached hydrogens (primary N) is 1. The van der Waals surface area contributed by atoms with Crippen molar-refractivity contribution in [3.63, 3.8) is 0 Å². The van der Waals surface area contributed by atoms with Crippen molar-refractivity contribution in [2.75, 3.05) is 26.4 Å². The summed E-state index contributed by atoms with van der Waals surface area (Å²) in [5.74, 6) is 0.501. The Hall–Kier alpha value is -0.810. The number of nitrogens with zero attached hydrogens (tertiary/aromatic N) is 1. The van der Waals surface area contributed by atoms with Gasteiger partial charge in [-0.05, 0) is 6.42 Å². The molecule has 0 spiro atoms. The Morgan fingerprint density at radius 2 is 2.36 bits per heavy atom. The zero-order valence-corrected chi connectivity index (χ0v) is 8.53. The fraction of sp³-hybridized carbons (Fsp3) is 0.889. The van der Waals surface area contributed by atoms with Gasteiger partial charge in [0.2, 0.25) is 0 Å². The molecule has 0 atom stereocenters. The average molecular weight is 202 g/mol. The summed E-state index contributed by atoms with van der Waals surface area (Å²) < 4.78 is 5.01. The third-order valence-corrected chi connectivity index (χ3v) is 2.21. The summed E-state index contributed by atoms with van der Waals surface area (Å²) in [6.07, 6.45) is 1.69. The highest BCUT2D eigenvalue weighted by atomic mass is 16.6. The molecule has 1 fully saturated rings. The van der Waals surface area contributed by atoms with Crippen molar-refractivity contribution in [3.05, 3.63) is 0 Å². The Balaban J connectivity index is 2.22. The lowest BCUT2D eigenvalue weighted by Crippen LogP contribution is -2.48. The van der Waals surface area contributed by atoms with Crippen LogP contribution in [0.3, 0.4) is 0 Å². The molecule has 5 heteroatoms. The van der Waals surface area contributed by atoms with Gasteiger partial charge < -0.3 is 20.4 Å². The number of rotatable bonds is 6. The van der Waals surface area contributed by atoms with Crippen molar-refractivity contribution >= 4 is 5.84 Å². The summed E-state index contributed by atoms with van der Waals surface area (Å²) in [5, 5.41) is 12.8. The topological polar surface area (TPSA) is 77.1 Å². The number of amidine groups is 1. The van der Waals surface area contributed by atoms with Crippen LogP contribution in [0.2, 0.25) is 0 Å². The molecule has 1 rings (SSSR count). The molecule has 14 heavy (non-hydrogen) atoms. The molecule has 1 saturated heterocycles. The molecule has 1 aliphatic heterocycles. The van der Waals surface area contributed by atoms with Crippen LogP contribution in [0.25, 0.3) is 0 Å². The van der Waals surface area contributed by atoms with E-state index >= 15 is 0 Å². The molecule has 1 heterocycles. The van der Waals surface area contributed by atoms with Gasteiger partial charge in [-0.15, -0.1) is 0 Å². The summed E-state index contributed by atoms with van der Waals surface area (Å²) in [6, 6.07) is 0. The fourth-order valence-corrected chi connectivity index (χ4v) is 1.16. The molecule has 0 radical (unpaired) electrons. The molecule has 1 aliphatic rings. The predicted octanol–water partition coefficient (Wildman–Crippen LogP) is 0.0842. The van der Waals surface area contributed by atoms with Gasteiger partial charge in [-0.1, -0.05) is 12.1 Å². The molecule has 0 aromatic carbocycles. The highest BCUT2D eigenvalue weighted by Crippen LogP contribution is 2.26. The fourth-order valence-electron chi connectivity index (χ4n) is 1.16. The van der Waals surface area contributed by atoms with E-state index in [9.17, 15) is 0 Å². The number of aliphatic hydroxyl groups excluding tert-OH is 1. The minimum atomic E-state index is -0.254. The summed E-state index contributed by atoms with van der Waals surface area (Å²) >= 11 is 0. The lowest BCUT2D eigenvalue weighted by atomic mass is 9.88.